The number of hydrogen-bond donors (Lipinski definition) is 0. The maximum absolute atomic E-state index is 5.00. The molecule has 0 aromatic carbocycles. The zero-order valence-corrected chi connectivity index (χ0v) is 6.81. The second-order valence-corrected chi connectivity index (χ2v) is 2.66. The molecule has 0 aliphatic carbocycles. The lowest BCUT2D eigenvalue weighted by molar-refractivity contribution is 0.405. The van der Waals surface area contributed by atoms with E-state index < -0.39 is 0 Å². The third-order valence-corrected chi connectivity index (χ3v) is 1.99. The van der Waals surface area contributed by atoms with Gasteiger partial charge in [-0.15, -0.1) is 11.3 Å². The van der Waals surface area contributed by atoms with Gasteiger partial charge < -0.3 is 4.74 Å². The van der Waals surface area contributed by atoms with Crippen molar-refractivity contribution in [2.75, 3.05) is 14.2 Å². The van der Waals surface area contributed by atoms with Gasteiger partial charge in [0.15, 0.2) is 0 Å². The number of hydrogen-bond acceptors (Lipinski definition) is 3. The molecule has 1 rings (SSSR count). The third-order valence-electron chi connectivity index (χ3n) is 1.13. The molecule has 10 heavy (non-hydrogen) atoms. The Kier molecular flexibility index (Phi) is 2.45. The molecule has 2 nitrogen and oxygen atoms in total. The molecule has 0 aliphatic rings. The number of thiophene rings is 1. The van der Waals surface area contributed by atoms with Crippen LogP contribution in [0.1, 0.15) is 4.88 Å². The van der Waals surface area contributed by atoms with Gasteiger partial charge in [-0.05, 0) is 11.4 Å². The Bertz CT molecular complexity index is 216. The molecule has 0 saturated carbocycles. The summed E-state index contributed by atoms with van der Waals surface area (Å²) in [5, 5.41) is 2.00. The topological polar surface area (TPSA) is 21.6 Å². The summed E-state index contributed by atoms with van der Waals surface area (Å²) in [6, 6.07) is 3.96. The largest absolute Gasteiger partial charge is 0.480 e. The zero-order valence-electron chi connectivity index (χ0n) is 6.00. The van der Waals surface area contributed by atoms with Crippen molar-refractivity contribution in [1.29, 1.82) is 0 Å². The fourth-order valence-electron chi connectivity index (χ4n) is 0.702. The molecule has 0 unspecified atom stereocenters. The molecule has 0 bridgehead atoms. The van der Waals surface area contributed by atoms with E-state index in [2.05, 4.69) is 4.99 Å². The van der Waals surface area contributed by atoms with Crippen LogP contribution in [0.2, 0.25) is 0 Å². The number of rotatable bonds is 1. The average molecular weight is 155 g/mol. The minimum atomic E-state index is 0.704. The third kappa shape index (κ3) is 1.36. The zero-order chi connectivity index (χ0) is 7.40. The van der Waals surface area contributed by atoms with Crippen molar-refractivity contribution in [3.63, 3.8) is 0 Å². The minimum absolute atomic E-state index is 0.704. The summed E-state index contributed by atoms with van der Waals surface area (Å²) in [4.78, 5) is 5.03. The summed E-state index contributed by atoms with van der Waals surface area (Å²) in [6.45, 7) is 0. The van der Waals surface area contributed by atoms with Gasteiger partial charge >= 0.3 is 0 Å². The Morgan fingerprint density at radius 2 is 2.50 bits per heavy atom. The Morgan fingerprint density at radius 1 is 1.70 bits per heavy atom. The van der Waals surface area contributed by atoms with Crippen molar-refractivity contribution in [1.82, 2.24) is 0 Å². The van der Waals surface area contributed by atoms with Crippen LogP contribution < -0.4 is 0 Å². The number of ether oxygens (including phenoxy) is 1. The lowest BCUT2D eigenvalue weighted by atomic mass is 10.5. The van der Waals surface area contributed by atoms with Gasteiger partial charge in [0.2, 0.25) is 5.90 Å². The van der Waals surface area contributed by atoms with Gasteiger partial charge in [-0.25, -0.2) is 0 Å². The lowest BCUT2D eigenvalue weighted by Gasteiger charge is -1.97. The summed E-state index contributed by atoms with van der Waals surface area (Å²) in [5.74, 6) is 0.704. The molecule has 0 atom stereocenters. The van der Waals surface area contributed by atoms with Gasteiger partial charge in [0.1, 0.15) is 0 Å². The van der Waals surface area contributed by atoms with Gasteiger partial charge in [0, 0.05) is 7.05 Å². The van der Waals surface area contributed by atoms with Crippen LogP contribution in [-0.4, -0.2) is 20.1 Å². The van der Waals surface area contributed by atoms with Crippen molar-refractivity contribution < 1.29 is 4.74 Å². The predicted molar refractivity (Wildman–Crippen MR) is 43.8 cm³/mol. The Balaban J connectivity index is 2.85. The van der Waals surface area contributed by atoms with Crippen molar-refractivity contribution in [3.8, 4) is 0 Å². The highest BCUT2D eigenvalue weighted by atomic mass is 32.1. The first-order valence-corrected chi connectivity index (χ1v) is 3.81. The van der Waals surface area contributed by atoms with Crippen molar-refractivity contribution >= 4 is 17.2 Å². The van der Waals surface area contributed by atoms with E-state index in [0.29, 0.717) is 5.90 Å². The molecule has 0 spiro atoms. The molecule has 1 aromatic heterocycles. The molecule has 0 fully saturated rings. The van der Waals surface area contributed by atoms with Crippen molar-refractivity contribution in [2.24, 2.45) is 4.99 Å². The van der Waals surface area contributed by atoms with E-state index in [1.165, 1.54) is 0 Å². The van der Waals surface area contributed by atoms with E-state index in [1.807, 2.05) is 17.5 Å². The molecule has 0 radical (unpaired) electrons. The Labute approximate surface area is 64.2 Å². The number of methoxy groups -OCH3 is 1. The van der Waals surface area contributed by atoms with Crippen LogP contribution >= 0.6 is 11.3 Å². The van der Waals surface area contributed by atoms with Gasteiger partial charge in [0.05, 0.1) is 12.0 Å². The molecule has 0 amide bonds. The highest BCUT2D eigenvalue weighted by molar-refractivity contribution is 7.12. The maximum Gasteiger partial charge on any atom is 0.225 e. The molecule has 0 saturated heterocycles. The standard InChI is InChI=1S/C7H9NOS/c1-8-7(9-2)6-4-3-5-10-6/h3-5H,1-2H3/b8-7-. The van der Waals surface area contributed by atoms with Gasteiger partial charge in [0.25, 0.3) is 0 Å². The van der Waals surface area contributed by atoms with Crippen LogP contribution in [-0.2, 0) is 4.74 Å². The number of aliphatic imine (C=N–C) groups is 1. The van der Waals surface area contributed by atoms with Crippen LogP contribution in [0.3, 0.4) is 0 Å². The summed E-state index contributed by atoms with van der Waals surface area (Å²) in [5.41, 5.74) is 0. The smallest absolute Gasteiger partial charge is 0.225 e. The van der Waals surface area contributed by atoms with Crippen LogP contribution in [0, 0.1) is 0 Å². The first-order valence-electron chi connectivity index (χ1n) is 2.93. The maximum atomic E-state index is 5.00. The molecule has 54 valence electrons. The SMILES string of the molecule is C/N=C(\OC)c1cccs1. The van der Waals surface area contributed by atoms with E-state index in [0.717, 1.165) is 4.88 Å². The first-order chi connectivity index (χ1) is 4.88. The van der Waals surface area contributed by atoms with Gasteiger partial charge in [-0.3, -0.25) is 4.99 Å². The minimum Gasteiger partial charge on any atom is -0.480 e. The van der Waals surface area contributed by atoms with Crippen LogP contribution in [0.5, 0.6) is 0 Å². The van der Waals surface area contributed by atoms with E-state index in [4.69, 9.17) is 4.74 Å². The fourth-order valence-corrected chi connectivity index (χ4v) is 1.44. The van der Waals surface area contributed by atoms with Crippen LogP contribution in [0.15, 0.2) is 22.5 Å². The first kappa shape index (κ1) is 7.28. The second kappa shape index (κ2) is 3.37. The van der Waals surface area contributed by atoms with Crippen LogP contribution in [0.4, 0.5) is 0 Å². The highest BCUT2D eigenvalue weighted by Crippen LogP contribution is 2.09. The quantitative estimate of drug-likeness (QED) is 0.447. The van der Waals surface area contributed by atoms with E-state index >= 15 is 0 Å². The summed E-state index contributed by atoms with van der Waals surface area (Å²) in [7, 11) is 3.35. The monoisotopic (exact) mass is 155 g/mol. The van der Waals surface area contributed by atoms with E-state index in [9.17, 15) is 0 Å². The molecule has 3 heteroatoms. The summed E-state index contributed by atoms with van der Waals surface area (Å²) >= 11 is 1.62. The fraction of sp³-hybridized carbons (Fsp3) is 0.286. The van der Waals surface area contributed by atoms with Gasteiger partial charge in [-0.2, -0.15) is 0 Å². The molecule has 1 heterocycles. The van der Waals surface area contributed by atoms with Gasteiger partial charge in [-0.1, -0.05) is 6.07 Å². The summed E-state index contributed by atoms with van der Waals surface area (Å²) < 4.78 is 5.00. The average Bonchev–Trinajstić information content (AvgIpc) is 2.43. The van der Waals surface area contributed by atoms with Crippen LogP contribution in [0.25, 0.3) is 0 Å². The normalized spacial score (nSPS) is 11.6. The Hall–Kier alpha value is -0.830. The molecule has 0 aliphatic heterocycles. The number of nitrogens with zero attached hydrogens (tertiary/aromatic N) is 1. The van der Waals surface area contributed by atoms with Crippen molar-refractivity contribution in [3.05, 3.63) is 22.4 Å². The second-order valence-electron chi connectivity index (χ2n) is 1.71. The highest BCUT2D eigenvalue weighted by Gasteiger charge is 2.00. The molecular formula is C7H9NOS. The summed E-state index contributed by atoms with van der Waals surface area (Å²) in [6.07, 6.45) is 0. The molecule has 0 N–H and O–H groups in total. The van der Waals surface area contributed by atoms with E-state index in [-0.39, 0.29) is 0 Å². The Morgan fingerprint density at radius 3 is 2.90 bits per heavy atom. The predicted octanol–water partition coefficient (Wildman–Crippen LogP) is 1.77. The lowest BCUT2D eigenvalue weighted by Crippen LogP contribution is -1.99. The van der Waals surface area contributed by atoms with Crippen molar-refractivity contribution in [2.45, 2.75) is 0 Å². The molecule has 1 aromatic rings. The molecular weight excluding hydrogens is 146 g/mol. The van der Waals surface area contributed by atoms with E-state index in [1.54, 1.807) is 25.5 Å².